The molecular formula is C11H12N2. The van der Waals surface area contributed by atoms with Crippen LogP contribution < -0.4 is 0 Å². The van der Waals surface area contributed by atoms with E-state index in [0.29, 0.717) is 0 Å². The first-order valence-electron chi connectivity index (χ1n) is 4.50. The number of rotatable bonds is 2. The highest BCUT2D eigenvalue weighted by molar-refractivity contribution is 5.75. The third kappa shape index (κ3) is 2.25. The largest absolute Gasteiger partial charge is 0.290 e. The van der Waals surface area contributed by atoms with Gasteiger partial charge in [0.05, 0.1) is 12.6 Å². The maximum Gasteiger partial charge on any atom is 0.0883 e. The molecule has 2 heteroatoms. The number of aliphatic imine (C=N–C) groups is 2. The number of benzene rings is 1. The van der Waals surface area contributed by atoms with Crippen LogP contribution >= 0.6 is 0 Å². The summed E-state index contributed by atoms with van der Waals surface area (Å²) in [5.74, 6) is 0. The molecule has 0 aliphatic carbocycles. The highest BCUT2D eigenvalue weighted by Gasteiger charge is 2.05. The van der Waals surface area contributed by atoms with Gasteiger partial charge in [-0.2, -0.15) is 0 Å². The van der Waals surface area contributed by atoms with Gasteiger partial charge in [0.2, 0.25) is 0 Å². The molecule has 2 nitrogen and oxygen atoms in total. The zero-order valence-electron chi connectivity index (χ0n) is 7.43. The lowest BCUT2D eigenvalue weighted by atomic mass is 10.1. The Morgan fingerprint density at radius 3 is 2.77 bits per heavy atom. The van der Waals surface area contributed by atoms with Crippen LogP contribution in [0.4, 0.5) is 0 Å². The lowest BCUT2D eigenvalue weighted by Crippen LogP contribution is -2.14. The molecule has 0 spiro atoms. The normalized spacial score (nSPS) is 20.5. The number of nitrogens with zero attached hydrogens (tertiary/aromatic N) is 2. The molecule has 1 heterocycles. The summed E-state index contributed by atoms with van der Waals surface area (Å²) >= 11 is 0. The predicted octanol–water partition coefficient (Wildman–Crippen LogP) is 1.75. The van der Waals surface area contributed by atoms with E-state index in [9.17, 15) is 0 Å². The summed E-state index contributed by atoms with van der Waals surface area (Å²) in [7, 11) is 0. The maximum absolute atomic E-state index is 4.35. The molecule has 2 rings (SSSR count). The van der Waals surface area contributed by atoms with Gasteiger partial charge in [0, 0.05) is 12.4 Å². The quantitative estimate of drug-likeness (QED) is 0.649. The Morgan fingerprint density at radius 1 is 1.23 bits per heavy atom. The van der Waals surface area contributed by atoms with Crippen molar-refractivity contribution < 1.29 is 0 Å². The molecule has 0 aromatic heterocycles. The molecule has 0 saturated carbocycles. The Morgan fingerprint density at radius 2 is 2.08 bits per heavy atom. The topological polar surface area (TPSA) is 24.7 Å². The number of hydrogen-bond donors (Lipinski definition) is 0. The van der Waals surface area contributed by atoms with Crippen molar-refractivity contribution in [2.24, 2.45) is 9.98 Å². The summed E-state index contributed by atoms with van der Waals surface area (Å²) in [5, 5.41) is 0. The molecule has 66 valence electrons. The molecule has 0 N–H and O–H groups in total. The van der Waals surface area contributed by atoms with Crippen LogP contribution in [0, 0.1) is 0 Å². The van der Waals surface area contributed by atoms with E-state index in [1.54, 1.807) is 0 Å². The summed E-state index contributed by atoms with van der Waals surface area (Å²) in [5.41, 5.74) is 1.32. The monoisotopic (exact) mass is 172 g/mol. The highest BCUT2D eigenvalue weighted by atomic mass is 14.9. The Kier molecular flexibility index (Phi) is 2.51. The van der Waals surface area contributed by atoms with Gasteiger partial charge in [-0.25, -0.2) is 0 Å². The summed E-state index contributed by atoms with van der Waals surface area (Å²) < 4.78 is 0. The van der Waals surface area contributed by atoms with E-state index in [4.69, 9.17) is 0 Å². The van der Waals surface area contributed by atoms with Gasteiger partial charge < -0.3 is 0 Å². The van der Waals surface area contributed by atoms with Gasteiger partial charge in [-0.3, -0.25) is 9.98 Å². The predicted molar refractivity (Wildman–Crippen MR) is 55.8 cm³/mol. The van der Waals surface area contributed by atoms with Crippen molar-refractivity contribution in [2.75, 3.05) is 6.54 Å². The number of hydrogen-bond acceptors (Lipinski definition) is 2. The minimum Gasteiger partial charge on any atom is -0.290 e. The van der Waals surface area contributed by atoms with Gasteiger partial charge in [-0.05, 0) is 12.0 Å². The average molecular weight is 172 g/mol. The molecule has 0 bridgehead atoms. The second-order valence-electron chi connectivity index (χ2n) is 3.10. The highest BCUT2D eigenvalue weighted by Crippen LogP contribution is 2.05. The van der Waals surface area contributed by atoms with Gasteiger partial charge in [-0.1, -0.05) is 30.3 Å². The van der Waals surface area contributed by atoms with Gasteiger partial charge >= 0.3 is 0 Å². The van der Waals surface area contributed by atoms with Crippen LogP contribution in [0.5, 0.6) is 0 Å². The zero-order valence-corrected chi connectivity index (χ0v) is 7.43. The minimum atomic E-state index is 0.246. The molecule has 0 saturated heterocycles. The van der Waals surface area contributed by atoms with Crippen molar-refractivity contribution in [1.82, 2.24) is 0 Å². The van der Waals surface area contributed by atoms with Crippen molar-refractivity contribution in [3.8, 4) is 0 Å². The second kappa shape index (κ2) is 3.99. The molecule has 13 heavy (non-hydrogen) atoms. The fourth-order valence-electron chi connectivity index (χ4n) is 1.41. The molecule has 0 radical (unpaired) electrons. The Bertz CT molecular complexity index is 302. The van der Waals surface area contributed by atoms with Crippen LogP contribution in [0.25, 0.3) is 0 Å². The molecule has 1 aliphatic rings. The maximum atomic E-state index is 4.35. The van der Waals surface area contributed by atoms with Gasteiger partial charge in [0.1, 0.15) is 0 Å². The molecule has 1 atom stereocenters. The Hall–Kier alpha value is -1.44. The molecule has 1 aromatic rings. The lowest BCUT2D eigenvalue weighted by Gasteiger charge is -2.09. The summed E-state index contributed by atoms with van der Waals surface area (Å²) in [6.07, 6.45) is 4.78. The molecule has 1 unspecified atom stereocenters. The van der Waals surface area contributed by atoms with Crippen LogP contribution in [-0.2, 0) is 6.42 Å². The van der Waals surface area contributed by atoms with Crippen molar-refractivity contribution >= 4 is 12.4 Å². The van der Waals surface area contributed by atoms with Crippen molar-refractivity contribution in [3.63, 3.8) is 0 Å². The fraction of sp³-hybridized carbons (Fsp3) is 0.273. The van der Waals surface area contributed by atoms with Crippen LogP contribution in [0.1, 0.15) is 5.56 Å². The van der Waals surface area contributed by atoms with Crippen molar-refractivity contribution in [1.29, 1.82) is 0 Å². The van der Waals surface area contributed by atoms with E-state index in [0.717, 1.165) is 13.0 Å². The first-order chi connectivity index (χ1) is 6.45. The smallest absolute Gasteiger partial charge is 0.0883 e. The van der Waals surface area contributed by atoms with E-state index in [2.05, 4.69) is 34.3 Å². The first-order valence-corrected chi connectivity index (χ1v) is 4.50. The van der Waals surface area contributed by atoms with E-state index in [1.165, 1.54) is 5.56 Å². The third-order valence-corrected chi connectivity index (χ3v) is 2.05. The van der Waals surface area contributed by atoms with Crippen molar-refractivity contribution in [2.45, 2.75) is 12.5 Å². The Labute approximate surface area is 78.0 Å². The van der Waals surface area contributed by atoms with E-state index >= 15 is 0 Å². The van der Waals surface area contributed by atoms with E-state index in [-0.39, 0.29) is 6.04 Å². The summed E-state index contributed by atoms with van der Waals surface area (Å²) in [6, 6.07) is 10.6. The molecular weight excluding hydrogens is 160 g/mol. The van der Waals surface area contributed by atoms with Crippen LogP contribution in [0.2, 0.25) is 0 Å². The lowest BCUT2D eigenvalue weighted by molar-refractivity contribution is 0.853. The minimum absolute atomic E-state index is 0.246. The van der Waals surface area contributed by atoms with Crippen LogP contribution in [0.3, 0.4) is 0 Å². The fourth-order valence-corrected chi connectivity index (χ4v) is 1.41. The van der Waals surface area contributed by atoms with Crippen LogP contribution in [0.15, 0.2) is 40.3 Å². The molecule has 1 aromatic carbocycles. The van der Waals surface area contributed by atoms with Crippen molar-refractivity contribution in [3.05, 3.63) is 35.9 Å². The van der Waals surface area contributed by atoms with Gasteiger partial charge in [0.15, 0.2) is 0 Å². The van der Waals surface area contributed by atoms with E-state index in [1.807, 2.05) is 18.5 Å². The van der Waals surface area contributed by atoms with Crippen LogP contribution in [-0.4, -0.2) is 25.0 Å². The zero-order chi connectivity index (χ0) is 8.93. The SMILES string of the molecule is C1=NCC=NC1Cc1ccccc1. The summed E-state index contributed by atoms with van der Waals surface area (Å²) in [4.78, 5) is 8.53. The first kappa shape index (κ1) is 8.17. The molecule has 0 fully saturated rings. The second-order valence-corrected chi connectivity index (χ2v) is 3.10. The average Bonchev–Trinajstić information content (AvgIpc) is 2.21. The molecule has 0 amide bonds. The Balaban J connectivity index is 2.02. The third-order valence-electron chi connectivity index (χ3n) is 2.05. The summed E-state index contributed by atoms with van der Waals surface area (Å²) in [6.45, 7) is 0.741. The van der Waals surface area contributed by atoms with Gasteiger partial charge in [-0.15, -0.1) is 0 Å². The van der Waals surface area contributed by atoms with Gasteiger partial charge in [0.25, 0.3) is 0 Å². The molecule has 1 aliphatic heterocycles. The standard InChI is InChI=1S/C11H12N2/c1-2-4-10(5-3-1)8-11-9-12-6-7-13-11/h1-5,7,9,11H,6,8H2. The van der Waals surface area contributed by atoms with E-state index < -0.39 is 0 Å².